The minimum absolute atomic E-state index is 0.127. The van der Waals surface area contributed by atoms with Crippen molar-refractivity contribution in [1.29, 1.82) is 0 Å². The monoisotopic (exact) mass is 232 g/mol. The molecule has 1 saturated carbocycles. The van der Waals surface area contributed by atoms with Gasteiger partial charge >= 0.3 is 0 Å². The molecule has 2 rings (SSSR count). The second kappa shape index (κ2) is 4.44. The number of rotatable bonds is 1. The van der Waals surface area contributed by atoms with E-state index in [4.69, 9.17) is 0 Å². The van der Waals surface area contributed by atoms with Crippen molar-refractivity contribution in [1.82, 2.24) is 0 Å². The van der Waals surface area contributed by atoms with E-state index in [1.807, 2.05) is 0 Å². The summed E-state index contributed by atoms with van der Waals surface area (Å²) in [5, 5.41) is 0. The van der Waals surface area contributed by atoms with Crippen LogP contribution in [0.1, 0.15) is 53.4 Å². The summed E-state index contributed by atoms with van der Waals surface area (Å²) in [6, 6.07) is 0. The first kappa shape index (κ1) is 12.6. The Morgan fingerprint density at radius 1 is 1.53 bits per heavy atom. The van der Waals surface area contributed by atoms with Gasteiger partial charge in [-0.05, 0) is 55.9 Å². The fourth-order valence-corrected chi connectivity index (χ4v) is 3.51. The minimum atomic E-state index is 0.127. The van der Waals surface area contributed by atoms with Gasteiger partial charge in [-0.1, -0.05) is 31.6 Å². The summed E-state index contributed by atoms with van der Waals surface area (Å²) in [6.45, 7) is 8.87. The summed E-state index contributed by atoms with van der Waals surface area (Å²) in [5.41, 5.74) is 2.65. The number of Topliss-reactive ketones (excluding diaryl/α,β-unsaturated/α-hetero) is 1. The molecule has 0 aromatic carbocycles. The lowest BCUT2D eigenvalue weighted by Crippen LogP contribution is -2.40. The smallest absolute Gasteiger partial charge is 0.159 e. The van der Waals surface area contributed by atoms with Crippen molar-refractivity contribution in [2.45, 2.75) is 53.4 Å². The zero-order valence-corrected chi connectivity index (χ0v) is 11.5. The highest BCUT2D eigenvalue weighted by molar-refractivity contribution is 5.98. The van der Waals surface area contributed by atoms with Crippen LogP contribution in [-0.4, -0.2) is 5.78 Å². The van der Waals surface area contributed by atoms with Crippen molar-refractivity contribution < 1.29 is 4.79 Å². The fraction of sp³-hybridized carbons (Fsp3) is 0.688. The molecule has 17 heavy (non-hydrogen) atoms. The van der Waals surface area contributed by atoms with Crippen molar-refractivity contribution in [3.63, 3.8) is 0 Å². The highest BCUT2D eigenvalue weighted by Crippen LogP contribution is 2.51. The van der Waals surface area contributed by atoms with Crippen molar-refractivity contribution in [2.75, 3.05) is 0 Å². The van der Waals surface area contributed by atoms with Crippen LogP contribution in [0.15, 0.2) is 23.3 Å². The molecule has 1 fully saturated rings. The zero-order chi connectivity index (χ0) is 12.6. The maximum atomic E-state index is 12.3. The molecule has 0 N–H and O–H groups in total. The first-order valence-corrected chi connectivity index (χ1v) is 6.85. The molecule has 0 aromatic heterocycles. The predicted molar refractivity (Wildman–Crippen MR) is 71.8 cm³/mol. The SMILES string of the molecule is CC=C(C)C1CC(=O)C2=CCCC(C)C2(C)C1. The van der Waals surface area contributed by atoms with E-state index in [2.05, 4.69) is 39.8 Å². The van der Waals surface area contributed by atoms with Crippen LogP contribution in [0.2, 0.25) is 0 Å². The number of carbonyl (C=O) groups is 1. The molecule has 0 amide bonds. The molecule has 94 valence electrons. The van der Waals surface area contributed by atoms with E-state index in [-0.39, 0.29) is 5.41 Å². The molecular formula is C16H24O. The second-order valence-corrected chi connectivity index (χ2v) is 6.07. The molecular weight excluding hydrogens is 208 g/mol. The molecule has 3 unspecified atom stereocenters. The van der Waals surface area contributed by atoms with Crippen molar-refractivity contribution in [2.24, 2.45) is 17.3 Å². The molecule has 0 saturated heterocycles. The van der Waals surface area contributed by atoms with E-state index in [9.17, 15) is 4.79 Å². The number of fused-ring (bicyclic) bond motifs is 1. The Morgan fingerprint density at radius 3 is 2.88 bits per heavy atom. The summed E-state index contributed by atoms with van der Waals surface area (Å²) in [6.07, 6.45) is 8.58. The topological polar surface area (TPSA) is 17.1 Å². The van der Waals surface area contributed by atoms with Crippen molar-refractivity contribution in [3.05, 3.63) is 23.3 Å². The van der Waals surface area contributed by atoms with Gasteiger partial charge < -0.3 is 0 Å². The average molecular weight is 232 g/mol. The van der Waals surface area contributed by atoms with Gasteiger partial charge in [-0.15, -0.1) is 0 Å². The van der Waals surface area contributed by atoms with Gasteiger partial charge in [0.1, 0.15) is 0 Å². The fourth-order valence-electron chi connectivity index (χ4n) is 3.51. The summed E-state index contributed by atoms with van der Waals surface area (Å²) < 4.78 is 0. The van der Waals surface area contributed by atoms with E-state index in [0.29, 0.717) is 17.6 Å². The number of hydrogen-bond donors (Lipinski definition) is 0. The van der Waals surface area contributed by atoms with Crippen LogP contribution in [0.4, 0.5) is 0 Å². The van der Waals surface area contributed by atoms with E-state index < -0.39 is 0 Å². The van der Waals surface area contributed by atoms with E-state index in [1.165, 1.54) is 12.0 Å². The summed E-state index contributed by atoms with van der Waals surface area (Å²) in [4.78, 5) is 12.3. The maximum Gasteiger partial charge on any atom is 0.159 e. The standard InChI is InChI=1S/C16H24O/c1-5-11(2)13-9-15(17)14-8-6-7-12(3)16(14,4)10-13/h5,8,12-13H,6-7,9-10H2,1-4H3. The van der Waals surface area contributed by atoms with Gasteiger partial charge in [-0.2, -0.15) is 0 Å². The highest BCUT2D eigenvalue weighted by Gasteiger charge is 2.45. The number of carbonyl (C=O) groups excluding carboxylic acids is 1. The Labute approximate surface area is 105 Å². The van der Waals surface area contributed by atoms with Gasteiger partial charge in [0.25, 0.3) is 0 Å². The summed E-state index contributed by atoms with van der Waals surface area (Å²) >= 11 is 0. The molecule has 0 spiro atoms. The summed E-state index contributed by atoms with van der Waals surface area (Å²) in [5.74, 6) is 1.51. The lowest BCUT2D eigenvalue weighted by molar-refractivity contribution is -0.120. The minimum Gasteiger partial charge on any atom is -0.295 e. The van der Waals surface area contributed by atoms with Crippen LogP contribution in [0.5, 0.6) is 0 Å². The molecule has 0 aliphatic heterocycles. The first-order chi connectivity index (χ1) is 7.99. The molecule has 3 atom stereocenters. The second-order valence-electron chi connectivity index (χ2n) is 6.07. The van der Waals surface area contributed by atoms with Gasteiger partial charge in [0.05, 0.1) is 0 Å². The van der Waals surface area contributed by atoms with E-state index >= 15 is 0 Å². The number of hydrogen-bond acceptors (Lipinski definition) is 1. The molecule has 0 radical (unpaired) electrons. The lowest BCUT2D eigenvalue weighted by Gasteiger charge is -2.46. The van der Waals surface area contributed by atoms with E-state index in [0.717, 1.165) is 24.8 Å². The quantitative estimate of drug-likeness (QED) is 0.616. The molecule has 0 aromatic rings. The molecule has 0 heterocycles. The molecule has 1 heteroatoms. The van der Waals surface area contributed by atoms with Crippen LogP contribution in [0, 0.1) is 17.3 Å². The van der Waals surface area contributed by atoms with Crippen molar-refractivity contribution in [3.8, 4) is 0 Å². The molecule has 2 aliphatic rings. The summed E-state index contributed by atoms with van der Waals surface area (Å²) in [7, 11) is 0. The number of allylic oxidation sites excluding steroid dienone is 4. The molecule has 1 nitrogen and oxygen atoms in total. The average Bonchev–Trinajstić information content (AvgIpc) is 2.30. The van der Waals surface area contributed by atoms with Crippen molar-refractivity contribution >= 4 is 5.78 Å². The van der Waals surface area contributed by atoms with Crippen LogP contribution in [-0.2, 0) is 4.79 Å². The lowest BCUT2D eigenvalue weighted by atomic mass is 9.57. The van der Waals surface area contributed by atoms with Crippen LogP contribution < -0.4 is 0 Å². The van der Waals surface area contributed by atoms with Gasteiger partial charge in [0, 0.05) is 6.42 Å². The zero-order valence-electron chi connectivity index (χ0n) is 11.5. The molecule has 2 aliphatic carbocycles. The predicted octanol–water partition coefficient (Wildman–Crippen LogP) is 4.29. The largest absolute Gasteiger partial charge is 0.295 e. The maximum absolute atomic E-state index is 12.3. The Bertz CT molecular complexity index is 388. The highest BCUT2D eigenvalue weighted by atomic mass is 16.1. The Hall–Kier alpha value is -0.850. The van der Waals surface area contributed by atoms with Gasteiger partial charge in [-0.25, -0.2) is 0 Å². The third-order valence-electron chi connectivity index (χ3n) is 5.15. The third-order valence-corrected chi connectivity index (χ3v) is 5.15. The van der Waals surface area contributed by atoms with Gasteiger partial charge in [-0.3, -0.25) is 4.79 Å². The van der Waals surface area contributed by atoms with Crippen LogP contribution in [0.3, 0.4) is 0 Å². The van der Waals surface area contributed by atoms with E-state index in [1.54, 1.807) is 0 Å². The van der Waals surface area contributed by atoms with Crippen LogP contribution in [0.25, 0.3) is 0 Å². The Morgan fingerprint density at radius 2 is 2.24 bits per heavy atom. The Kier molecular flexibility index (Phi) is 3.29. The number of ketones is 1. The van der Waals surface area contributed by atoms with Gasteiger partial charge in [0.2, 0.25) is 0 Å². The van der Waals surface area contributed by atoms with Gasteiger partial charge in [0.15, 0.2) is 5.78 Å². The van der Waals surface area contributed by atoms with Crippen LogP contribution >= 0.6 is 0 Å². The Balaban J connectivity index is 2.35. The first-order valence-electron chi connectivity index (χ1n) is 6.85. The normalized spacial score (nSPS) is 38.7. The third kappa shape index (κ3) is 2.00. The molecule has 0 bridgehead atoms.